The van der Waals surface area contributed by atoms with Gasteiger partial charge in [0.2, 0.25) is 17.8 Å². The van der Waals surface area contributed by atoms with Gasteiger partial charge in [-0.25, -0.2) is 0 Å². The highest BCUT2D eigenvalue weighted by Crippen LogP contribution is 2.24. The number of rotatable bonds is 8. The van der Waals surface area contributed by atoms with E-state index in [0.29, 0.717) is 42.5 Å². The van der Waals surface area contributed by atoms with Crippen molar-refractivity contribution in [1.82, 2.24) is 15.0 Å². The average molecular weight is 410 g/mol. The molecule has 7 nitrogen and oxygen atoms in total. The molecule has 29 heavy (non-hydrogen) atoms. The van der Waals surface area contributed by atoms with Gasteiger partial charge in [-0.1, -0.05) is 48.0 Å². The SMILES string of the molecule is NCCNc1nc(NCc2cccc(Cl)c2)nc(NC2Cc3ccccc3C2)n1. The van der Waals surface area contributed by atoms with Crippen molar-refractivity contribution >= 4 is 29.4 Å². The van der Waals surface area contributed by atoms with Crippen LogP contribution in [0.15, 0.2) is 48.5 Å². The zero-order valence-electron chi connectivity index (χ0n) is 16.0. The molecular weight excluding hydrogens is 386 g/mol. The van der Waals surface area contributed by atoms with Gasteiger partial charge in [-0.2, -0.15) is 15.0 Å². The van der Waals surface area contributed by atoms with Crippen LogP contribution >= 0.6 is 11.6 Å². The van der Waals surface area contributed by atoms with Gasteiger partial charge >= 0.3 is 0 Å². The van der Waals surface area contributed by atoms with Crippen LogP contribution in [0.25, 0.3) is 0 Å². The third kappa shape index (κ3) is 5.13. The van der Waals surface area contributed by atoms with Crippen molar-refractivity contribution in [3.63, 3.8) is 0 Å². The largest absolute Gasteiger partial charge is 0.353 e. The molecule has 1 heterocycles. The summed E-state index contributed by atoms with van der Waals surface area (Å²) in [6.45, 7) is 1.65. The quantitative estimate of drug-likeness (QED) is 0.453. The van der Waals surface area contributed by atoms with E-state index in [1.807, 2.05) is 24.3 Å². The zero-order chi connectivity index (χ0) is 20.1. The van der Waals surface area contributed by atoms with Gasteiger partial charge in [0.1, 0.15) is 0 Å². The third-order valence-electron chi connectivity index (χ3n) is 4.79. The molecule has 0 amide bonds. The Bertz CT molecular complexity index is 954. The number of fused-ring (bicyclic) bond motifs is 1. The number of benzene rings is 2. The predicted octanol–water partition coefficient (Wildman–Crippen LogP) is 3.09. The normalized spacial score (nSPS) is 13.2. The minimum atomic E-state index is 0.262. The van der Waals surface area contributed by atoms with Crippen LogP contribution in [0, 0.1) is 0 Å². The summed E-state index contributed by atoms with van der Waals surface area (Å²) in [5, 5.41) is 10.6. The summed E-state index contributed by atoms with van der Waals surface area (Å²) in [4.78, 5) is 13.5. The van der Waals surface area contributed by atoms with E-state index in [4.69, 9.17) is 17.3 Å². The van der Waals surface area contributed by atoms with Crippen molar-refractivity contribution in [3.8, 4) is 0 Å². The smallest absolute Gasteiger partial charge is 0.229 e. The second kappa shape index (κ2) is 9.07. The van der Waals surface area contributed by atoms with Gasteiger partial charge in [-0.15, -0.1) is 0 Å². The summed E-state index contributed by atoms with van der Waals surface area (Å²) >= 11 is 6.07. The van der Waals surface area contributed by atoms with Crippen LogP contribution in [0.5, 0.6) is 0 Å². The number of hydrogen-bond acceptors (Lipinski definition) is 7. The van der Waals surface area contributed by atoms with Crippen molar-refractivity contribution in [3.05, 3.63) is 70.2 Å². The first-order valence-electron chi connectivity index (χ1n) is 9.71. The fourth-order valence-electron chi connectivity index (χ4n) is 3.45. The molecule has 8 heteroatoms. The Kier molecular flexibility index (Phi) is 6.07. The molecule has 5 N–H and O–H groups in total. The molecule has 1 aromatic heterocycles. The summed E-state index contributed by atoms with van der Waals surface area (Å²) in [6, 6.07) is 16.5. The van der Waals surface area contributed by atoms with E-state index in [1.165, 1.54) is 11.1 Å². The summed E-state index contributed by atoms with van der Waals surface area (Å²) in [5.41, 5.74) is 9.41. The topological polar surface area (TPSA) is 101 Å². The van der Waals surface area contributed by atoms with Gasteiger partial charge < -0.3 is 21.7 Å². The molecule has 0 unspecified atom stereocenters. The first-order chi connectivity index (χ1) is 14.2. The third-order valence-corrected chi connectivity index (χ3v) is 5.02. The number of aromatic nitrogens is 3. The Morgan fingerprint density at radius 1 is 0.897 bits per heavy atom. The minimum Gasteiger partial charge on any atom is -0.353 e. The lowest BCUT2D eigenvalue weighted by Gasteiger charge is -2.14. The molecular formula is C21H24ClN7. The van der Waals surface area contributed by atoms with Crippen LogP contribution in [0.3, 0.4) is 0 Å². The summed E-state index contributed by atoms with van der Waals surface area (Å²) in [5.74, 6) is 1.54. The Morgan fingerprint density at radius 2 is 1.59 bits per heavy atom. The molecule has 0 atom stereocenters. The van der Waals surface area contributed by atoms with E-state index in [-0.39, 0.29) is 6.04 Å². The second-order valence-corrected chi connectivity index (χ2v) is 7.46. The standard InChI is InChI=1S/C21H24ClN7/c22-17-7-3-4-14(10-17)13-25-20-27-19(24-9-8-23)28-21(29-20)26-18-11-15-5-1-2-6-16(15)12-18/h1-7,10,18H,8-9,11-13,23H2,(H3,24,25,26,27,28,29). The molecule has 1 aliphatic carbocycles. The number of hydrogen-bond donors (Lipinski definition) is 4. The molecule has 150 valence electrons. The highest BCUT2D eigenvalue weighted by molar-refractivity contribution is 6.30. The van der Waals surface area contributed by atoms with Crippen LogP contribution < -0.4 is 21.7 Å². The Balaban J connectivity index is 1.48. The van der Waals surface area contributed by atoms with E-state index in [9.17, 15) is 0 Å². The van der Waals surface area contributed by atoms with Crippen molar-refractivity contribution in [1.29, 1.82) is 0 Å². The van der Waals surface area contributed by atoms with E-state index >= 15 is 0 Å². The zero-order valence-corrected chi connectivity index (χ0v) is 16.8. The molecule has 0 bridgehead atoms. The van der Waals surface area contributed by atoms with Crippen molar-refractivity contribution < 1.29 is 0 Å². The molecule has 1 aliphatic rings. The van der Waals surface area contributed by atoms with Gasteiger partial charge in [0, 0.05) is 30.7 Å². The highest BCUT2D eigenvalue weighted by atomic mass is 35.5. The summed E-state index contributed by atoms with van der Waals surface area (Å²) < 4.78 is 0. The number of halogens is 1. The maximum absolute atomic E-state index is 6.07. The van der Waals surface area contributed by atoms with Crippen LogP contribution in [0.1, 0.15) is 16.7 Å². The number of anilines is 3. The van der Waals surface area contributed by atoms with E-state index in [0.717, 1.165) is 18.4 Å². The molecule has 0 spiro atoms. The Morgan fingerprint density at radius 3 is 2.28 bits per heavy atom. The number of nitrogens with zero attached hydrogens (tertiary/aromatic N) is 3. The molecule has 4 rings (SSSR count). The van der Waals surface area contributed by atoms with E-state index in [1.54, 1.807) is 0 Å². The van der Waals surface area contributed by atoms with Crippen LogP contribution in [0.4, 0.5) is 17.8 Å². The lowest BCUT2D eigenvalue weighted by molar-refractivity contribution is 0.759. The van der Waals surface area contributed by atoms with Crippen molar-refractivity contribution in [2.45, 2.75) is 25.4 Å². The van der Waals surface area contributed by atoms with Crippen LogP contribution in [-0.4, -0.2) is 34.1 Å². The molecule has 0 radical (unpaired) electrons. The van der Waals surface area contributed by atoms with Gasteiger partial charge in [-0.3, -0.25) is 0 Å². The lowest BCUT2D eigenvalue weighted by Crippen LogP contribution is -2.23. The number of nitrogens with two attached hydrogens (primary N) is 1. The summed E-state index contributed by atoms with van der Waals surface area (Å²) in [7, 11) is 0. The first kappa shape index (κ1) is 19.4. The molecule has 0 saturated carbocycles. The number of nitrogens with one attached hydrogen (secondary N) is 3. The average Bonchev–Trinajstić information content (AvgIpc) is 3.13. The molecule has 2 aromatic carbocycles. The van der Waals surface area contributed by atoms with Crippen LogP contribution in [0.2, 0.25) is 5.02 Å². The maximum Gasteiger partial charge on any atom is 0.229 e. The van der Waals surface area contributed by atoms with Gasteiger partial charge in [0.15, 0.2) is 0 Å². The molecule has 0 fully saturated rings. The molecule has 0 saturated heterocycles. The Hall–Kier alpha value is -2.90. The first-order valence-corrected chi connectivity index (χ1v) is 10.1. The second-order valence-electron chi connectivity index (χ2n) is 7.02. The highest BCUT2D eigenvalue weighted by Gasteiger charge is 2.22. The monoisotopic (exact) mass is 409 g/mol. The molecule has 3 aromatic rings. The van der Waals surface area contributed by atoms with Gasteiger partial charge in [0.05, 0.1) is 0 Å². The fourth-order valence-corrected chi connectivity index (χ4v) is 3.67. The van der Waals surface area contributed by atoms with Gasteiger partial charge in [-0.05, 0) is 41.7 Å². The van der Waals surface area contributed by atoms with Gasteiger partial charge in [0.25, 0.3) is 0 Å². The summed E-state index contributed by atoms with van der Waals surface area (Å²) in [6.07, 6.45) is 1.91. The van der Waals surface area contributed by atoms with Crippen LogP contribution in [-0.2, 0) is 19.4 Å². The van der Waals surface area contributed by atoms with E-state index in [2.05, 4.69) is 55.2 Å². The minimum absolute atomic E-state index is 0.262. The maximum atomic E-state index is 6.07. The van der Waals surface area contributed by atoms with Crippen molar-refractivity contribution in [2.75, 3.05) is 29.0 Å². The Labute approximate surface area is 175 Å². The van der Waals surface area contributed by atoms with Crippen molar-refractivity contribution in [2.24, 2.45) is 5.73 Å². The molecule has 0 aliphatic heterocycles. The van der Waals surface area contributed by atoms with E-state index < -0.39 is 0 Å². The lowest BCUT2D eigenvalue weighted by atomic mass is 10.1. The fraction of sp³-hybridized carbons (Fsp3) is 0.286. The predicted molar refractivity (Wildman–Crippen MR) is 117 cm³/mol.